The van der Waals surface area contributed by atoms with Crippen LogP contribution in [-0.4, -0.2) is 71.7 Å². The molecule has 208 valence electrons. The maximum Gasteiger partial charge on any atom is 0.402 e. The summed E-state index contributed by atoms with van der Waals surface area (Å²) < 4.78 is 47.4. The second-order valence-electron chi connectivity index (χ2n) is 9.64. The fraction of sp³-hybridized carbons (Fsp3) is 0.462. The van der Waals surface area contributed by atoms with Crippen molar-refractivity contribution >= 4 is 34.6 Å². The molecule has 3 aliphatic rings. The first-order chi connectivity index (χ1) is 18.6. The number of carbonyl (C=O) groups excluding carboxylic acids is 3. The van der Waals surface area contributed by atoms with Crippen LogP contribution in [-0.2, 0) is 20.9 Å². The van der Waals surface area contributed by atoms with Gasteiger partial charge in [-0.2, -0.15) is 13.2 Å². The second-order valence-corrected chi connectivity index (χ2v) is 10.6. The van der Waals surface area contributed by atoms with Crippen LogP contribution in [0.3, 0.4) is 0 Å². The minimum atomic E-state index is -4.95. The molecule has 0 aliphatic carbocycles. The third-order valence-electron chi connectivity index (χ3n) is 7.05. The van der Waals surface area contributed by atoms with Gasteiger partial charge < -0.3 is 15.4 Å². The minimum Gasteiger partial charge on any atom is -0.377 e. The summed E-state index contributed by atoms with van der Waals surface area (Å²) in [6.45, 7) is 3.09. The molecule has 2 atom stereocenters. The van der Waals surface area contributed by atoms with Gasteiger partial charge in [-0.25, -0.2) is 9.99 Å². The van der Waals surface area contributed by atoms with E-state index in [0.717, 1.165) is 28.9 Å². The van der Waals surface area contributed by atoms with E-state index in [1.165, 1.54) is 5.01 Å². The molecule has 2 aromatic rings. The van der Waals surface area contributed by atoms with Gasteiger partial charge in [-0.3, -0.25) is 19.4 Å². The normalized spacial score (nSPS) is 20.5. The van der Waals surface area contributed by atoms with Crippen molar-refractivity contribution in [2.45, 2.75) is 38.5 Å². The summed E-state index contributed by atoms with van der Waals surface area (Å²) >= 11 is 1.09. The standard InChI is InChI=1S/C26H28F3N5O4S/c1-15-21(39-24(31-15)16-7-11-38-12-8-16)23(36)30-13-19(26(27,28)29)22(35)32-20-18-6-3-2-5-17(18)14-33-9-4-10-34(33)25(20)37/h2-3,5-7,19-20H,4,8-14H2,1H3,(H,30,36)(H,32,35)/t19?,20-/m0/s1. The van der Waals surface area contributed by atoms with Gasteiger partial charge in [-0.15, -0.1) is 11.3 Å². The Morgan fingerprint density at radius 3 is 2.79 bits per heavy atom. The molecule has 1 saturated heterocycles. The first-order valence-corrected chi connectivity index (χ1v) is 13.5. The summed E-state index contributed by atoms with van der Waals surface area (Å²) in [6.07, 6.45) is -1.73. The number of hydrogen-bond donors (Lipinski definition) is 2. The van der Waals surface area contributed by atoms with Crippen LogP contribution in [0, 0.1) is 12.8 Å². The SMILES string of the molecule is Cc1nc(C2=CCOCC2)sc1C(=O)NCC(C(=O)N[C@@H]1C(=O)N2CCCN2Cc2ccccc21)C(F)(F)F. The number of alkyl halides is 3. The Labute approximate surface area is 227 Å². The maximum atomic E-state index is 14.0. The number of amides is 3. The average molecular weight is 564 g/mol. The third-order valence-corrected chi connectivity index (χ3v) is 8.29. The van der Waals surface area contributed by atoms with Crippen molar-refractivity contribution in [1.29, 1.82) is 0 Å². The van der Waals surface area contributed by atoms with Crippen molar-refractivity contribution in [3.8, 4) is 0 Å². The van der Waals surface area contributed by atoms with Crippen LogP contribution in [0.1, 0.15) is 50.4 Å². The highest BCUT2D eigenvalue weighted by atomic mass is 32.1. The molecule has 0 saturated carbocycles. The van der Waals surface area contributed by atoms with E-state index in [1.807, 2.05) is 11.1 Å². The lowest BCUT2D eigenvalue weighted by molar-refractivity contribution is -0.182. The molecule has 39 heavy (non-hydrogen) atoms. The highest BCUT2D eigenvalue weighted by Crippen LogP contribution is 2.32. The van der Waals surface area contributed by atoms with Crippen LogP contribution in [0.5, 0.6) is 0 Å². The fourth-order valence-electron chi connectivity index (χ4n) is 5.00. The van der Waals surface area contributed by atoms with Gasteiger partial charge in [-0.1, -0.05) is 30.3 Å². The van der Waals surface area contributed by atoms with Gasteiger partial charge in [0.2, 0.25) is 5.91 Å². The van der Waals surface area contributed by atoms with Crippen molar-refractivity contribution in [1.82, 2.24) is 25.6 Å². The quantitative estimate of drug-likeness (QED) is 0.560. The minimum absolute atomic E-state index is 0.181. The van der Waals surface area contributed by atoms with E-state index >= 15 is 0 Å². The van der Waals surface area contributed by atoms with Crippen LogP contribution in [0.25, 0.3) is 5.57 Å². The lowest BCUT2D eigenvalue weighted by Crippen LogP contribution is -2.50. The number of carbonyl (C=O) groups is 3. The van der Waals surface area contributed by atoms with Gasteiger partial charge in [0.15, 0.2) is 5.92 Å². The Morgan fingerprint density at radius 2 is 2.05 bits per heavy atom. The molecule has 1 fully saturated rings. The molecule has 1 aromatic carbocycles. The van der Waals surface area contributed by atoms with Gasteiger partial charge in [0, 0.05) is 26.2 Å². The summed E-state index contributed by atoms with van der Waals surface area (Å²) in [5, 5.41) is 8.57. The molecule has 1 unspecified atom stereocenters. The summed E-state index contributed by atoms with van der Waals surface area (Å²) in [5.41, 5.74) is 2.54. The number of thiazole rings is 1. The van der Waals surface area contributed by atoms with Gasteiger partial charge in [0.25, 0.3) is 11.8 Å². The van der Waals surface area contributed by atoms with Crippen molar-refractivity contribution < 1.29 is 32.3 Å². The fourth-order valence-corrected chi connectivity index (χ4v) is 6.05. The van der Waals surface area contributed by atoms with Crippen LogP contribution in [0.2, 0.25) is 0 Å². The molecule has 2 N–H and O–H groups in total. The topological polar surface area (TPSA) is 104 Å². The van der Waals surface area contributed by atoms with Crippen LogP contribution in [0.15, 0.2) is 30.3 Å². The number of halogens is 3. The predicted molar refractivity (Wildman–Crippen MR) is 136 cm³/mol. The molecule has 0 bridgehead atoms. The van der Waals surface area contributed by atoms with Gasteiger partial charge in [0.1, 0.15) is 15.9 Å². The zero-order chi connectivity index (χ0) is 27.7. The number of aromatic nitrogens is 1. The number of benzene rings is 1. The first-order valence-electron chi connectivity index (χ1n) is 12.7. The number of aryl methyl sites for hydroxylation is 1. The number of hydrazine groups is 1. The lowest BCUT2D eigenvalue weighted by atomic mass is 9.98. The Balaban J connectivity index is 1.32. The average Bonchev–Trinajstić information content (AvgIpc) is 3.51. The zero-order valence-electron chi connectivity index (χ0n) is 21.2. The molecular formula is C26H28F3N5O4S. The lowest BCUT2D eigenvalue weighted by Gasteiger charge is -2.28. The van der Waals surface area contributed by atoms with Crippen molar-refractivity contribution in [2.24, 2.45) is 5.92 Å². The Hall–Kier alpha value is -3.29. The van der Waals surface area contributed by atoms with E-state index in [2.05, 4.69) is 15.6 Å². The Kier molecular flexibility index (Phi) is 7.74. The molecule has 5 rings (SSSR count). The van der Waals surface area contributed by atoms with Crippen LogP contribution in [0.4, 0.5) is 13.2 Å². The predicted octanol–water partition coefficient (Wildman–Crippen LogP) is 2.98. The second kappa shape index (κ2) is 11.1. The van der Waals surface area contributed by atoms with Gasteiger partial charge in [-0.05, 0) is 36.5 Å². The third kappa shape index (κ3) is 5.70. The summed E-state index contributed by atoms with van der Waals surface area (Å²) in [6, 6.07) is 5.64. The highest BCUT2D eigenvalue weighted by molar-refractivity contribution is 7.14. The summed E-state index contributed by atoms with van der Waals surface area (Å²) in [7, 11) is 0. The smallest absolute Gasteiger partial charge is 0.377 e. The number of rotatable bonds is 6. The molecule has 1 aromatic heterocycles. The van der Waals surface area contributed by atoms with Crippen LogP contribution >= 0.6 is 11.3 Å². The monoisotopic (exact) mass is 563 g/mol. The summed E-state index contributed by atoms with van der Waals surface area (Å²) in [4.78, 5) is 43.8. The van der Waals surface area contributed by atoms with E-state index in [1.54, 1.807) is 31.2 Å². The molecule has 3 amide bonds. The molecule has 3 aliphatic heterocycles. The highest BCUT2D eigenvalue weighted by Gasteiger charge is 2.47. The van der Waals surface area contributed by atoms with E-state index < -0.39 is 42.4 Å². The number of nitrogens with zero attached hydrogens (tertiary/aromatic N) is 3. The zero-order valence-corrected chi connectivity index (χ0v) is 22.0. The van der Waals surface area contributed by atoms with Crippen molar-refractivity contribution in [2.75, 3.05) is 32.8 Å². The first kappa shape index (κ1) is 27.3. The molecule has 13 heteroatoms. The molecular weight excluding hydrogens is 535 g/mol. The summed E-state index contributed by atoms with van der Waals surface area (Å²) in [5.74, 6) is -5.15. The molecule has 0 radical (unpaired) electrons. The van der Waals surface area contributed by atoms with Gasteiger partial charge >= 0.3 is 6.18 Å². The Bertz CT molecular complexity index is 1310. The number of fused-ring (bicyclic) bond motifs is 2. The van der Waals surface area contributed by atoms with Crippen LogP contribution < -0.4 is 10.6 Å². The maximum absolute atomic E-state index is 14.0. The van der Waals surface area contributed by atoms with E-state index in [4.69, 9.17) is 4.74 Å². The number of hydrogen-bond acceptors (Lipinski definition) is 7. The van der Waals surface area contributed by atoms with E-state index in [-0.39, 0.29) is 4.88 Å². The number of ether oxygens (including phenoxy) is 1. The molecule has 0 spiro atoms. The largest absolute Gasteiger partial charge is 0.402 e. The molecule has 9 nitrogen and oxygen atoms in total. The van der Waals surface area contributed by atoms with Crippen molar-refractivity contribution in [3.05, 3.63) is 57.0 Å². The van der Waals surface area contributed by atoms with E-state index in [0.29, 0.717) is 55.5 Å². The molecule has 4 heterocycles. The Morgan fingerprint density at radius 1 is 1.26 bits per heavy atom. The van der Waals surface area contributed by atoms with Gasteiger partial charge in [0.05, 0.1) is 18.9 Å². The van der Waals surface area contributed by atoms with Crippen molar-refractivity contribution in [3.63, 3.8) is 0 Å². The van der Waals surface area contributed by atoms with E-state index in [9.17, 15) is 27.6 Å². The number of nitrogens with one attached hydrogen (secondary N) is 2.